The highest BCUT2D eigenvalue weighted by atomic mass is 35.5. The quantitative estimate of drug-likeness (QED) is 0.752. The van der Waals surface area contributed by atoms with E-state index in [4.69, 9.17) is 38.8 Å². The predicted molar refractivity (Wildman–Crippen MR) is 71.6 cm³/mol. The Kier molecular flexibility index (Phi) is 6.25. The molecule has 0 aliphatic heterocycles. The van der Waals surface area contributed by atoms with Gasteiger partial charge in [0, 0.05) is 0 Å². The number of hydrogen-bond donors (Lipinski definition) is 2. The lowest BCUT2D eigenvalue weighted by Gasteiger charge is -2.14. The molecule has 3 N–H and O–H groups in total. The Morgan fingerprint density at radius 3 is 2.28 bits per heavy atom. The zero-order chi connectivity index (χ0) is 13.5. The van der Waals surface area contributed by atoms with E-state index in [-0.39, 0.29) is 12.5 Å². The summed E-state index contributed by atoms with van der Waals surface area (Å²) in [4.78, 5) is 10.6. The third kappa shape index (κ3) is 4.72. The van der Waals surface area contributed by atoms with E-state index in [9.17, 15) is 4.79 Å². The Labute approximate surface area is 116 Å². The minimum atomic E-state index is -1.01. The van der Waals surface area contributed by atoms with Crippen molar-refractivity contribution in [1.29, 1.82) is 0 Å². The van der Waals surface area contributed by atoms with Gasteiger partial charge in [-0.15, -0.1) is 23.2 Å². The molecule has 18 heavy (non-hydrogen) atoms. The summed E-state index contributed by atoms with van der Waals surface area (Å²) in [6.07, 6.45) is 0.0461. The van der Waals surface area contributed by atoms with Gasteiger partial charge in [-0.05, 0) is 24.1 Å². The van der Waals surface area contributed by atoms with Crippen LogP contribution in [0.1, 0.15) is 5.56 Å². The Balaban J connectivity index is 2.59. The molecule has 100 valence electrons. The Bertz CT molecular complexity index is 379. The van der Waals surface area contributed by atoms with E-state index in [0.29, 0.717) is 17.5 Å². The van der Waals surface area contributed by atoms with E-state index in [2.05, 4.69) is 0 Å². The molecule has 1 unspecified atom stereocenters. The van der Waals surface area contributed by atoms with E-state index >= 15 is 0 Å². The molecule has 4 nitrogen and oxygen atoms in total. The predicted octanol–water partition coefficient (Wildman–Crippen LogP) is 1.87. The van der Waals surface area contributed by atoms with Crippen LogP contribution in [0.2, 0.25) is 0 Å². The first kappa shape index (κ1) is 15.1. The Morgan fingerprint density at radius 1 is 1.28 bits per heavy atom. The number of benzene rings is 1. The van der Waals surface area contributed by atoms with Gasteiger partial charge in [0.25, 0.3) is 0 Å². The average Bonchev–Trinajstić information content (AvgIpc) is 2.37. The van der Waals surface area contributed by atoms with Gasteiger partial charge in [-0.1, -0.05) is 12.1 Å². The monoisotopic (exact) mass is 291 g/mol. The third-order valence-electron chi connectivity index (χ3n) is 2.34. The zero-order valence-corrected chi connectivity index (χ0v) is 11.2. The van der Waals surface area contributed by atoms with Crippen LogP contribution in [-0.4, -0.2) is 35.0 Å². The first-order valence-corrected chi connectivity index (χ1v) is 6.49. The largest absolute Gasteiger partial charge is 0.488 e. The van der Waals surface area contributed by atoms with Gasteiger partial charge in [0.2, 0.25) is 0 Å². The second-order valence-corrected chi connectivity index (χ2v) is 4.46. The van der Waals surface area contributed by atoms with Gasteiger partial charge in [-0.25, -0.2) is 0 Å². The van der Waals surface area contributed by atoms with Crippen LogP contribution in [0.15, 0.2) is 24.3 Å². The summed E-state index contributed by atoms with van der Waals surface area (Å²) in [7, 11) is 0. The number of halogens is 2. The standard InChI is InChI=1S/C12H15Cl2NO3/c13-6-10(7-14)18-9-3-1-8(2-4-9)5-11(15)12(16)17/h1-4,10-11H,5-7,15H2,(H,16,17). The van der Waals surface area contributed by atoms with Crippen LogP contribution in [0.25, 0.3) is 0 Å². The molecule has 0 saturated carbocycles. The molecule has 1 rings (SSSR count). The van der Waals surface area contributed by atoms with Crippen molar-refractivity contribution < 1.29 is 14.6 Å². The summed E-state index contributed by atoms with van der Waals surface area (Å²) in [6, 6.07) is 6.15. The van der Waals surface area contributed by atoms with Crippen molar-refractivity contribution in [3.05, 3.63) is 29.8 Å². The molecule has 0 fully saturated rings. The number of nitrogens with two attached hydrogens (primary N) is 1. The molecule has 0 spiro atoms. The topological polar surface area (TPSA) is 72.5 Å². The van der Waals surface area contributed by atoms with E-state index in [1.165, 1.54) is 0 Å². The highest BCUT2D eigenvalue weighted by Crippen LogP contribution is 2.15. The lowest BCUT2D eigenvalue weighted by molar-refractivity contribution is -0.138. The number of carbonyl (C=O) groups is 1. The highest BCUT2D eigenvalue weighted by Gasteiger charge is 2.12. The second kappa shape index (κ2) is 7.46. The van der Waals surface area contributed by atoms with Gasteiger partial charge in [-0.2, -0.15) is 0 Å². The van der Waals surface area contributed by atoms with E-state index in [1.54, 1.807) is 24.3 Å². The Hall–Kier alpha value is -0.970. The van der Waals surface area contributed by atoms with Crippen molar-refractivity contribution in [3.8, 4) is 5.75 Å². The molecule has 0 aromatic heterocycles. The molecule has 0 aliphatic rings. The fourth-order valence-electron chi connectivity index (χ4n) is 1.34. The van der Waals surface area contributed by atoms with Gasteiger partial charge in [0.1, 0.15) is 17.9 Å². The molecule has 0 radical (unpaired) electrons. The third-order valence-corrected chi connectivity index (χ3v) is 3.03. The summed E-state index contributed by atoms with van der Waals surface area (Å²) < 4.78 is 5.51. The fraction of sp³-hybridized carbons (Fsp3) is 0.417. The number of carboxylic acids is 1. The zero-order valence-electron chi connectivity index (χ0n) is 9.68. The summed E-state index contributed by atoms with van der Waals surface area (Å²) >= 11 is 11.3. The molecule has 0 aliphatic carbocycles. The second-order valence-electron chi connectivity index (χ2n) is 3.84. The fourth-order valence-corrected chi connectivity index (χ4v) is 1.80. The maximum Gasteiger partial charge on any atom is 0.320 e. The minimum Gasteiger partial charge on any atom is -0.488 e. The van der Waals surface area contributed by atoms with Crippen molar-refractivity contribution in [2.24, 2.45) is 5.73 Å². The van der Waals surface area contributed by atoms with Crippen molar-refractivity contribution >= 4 is 29.2 Å². The lowest BCUT2D eigenvalue weighted by atomic mass is 10.1. The van der Waals surface area contributed by atoms with Gasteiger partial charge in [-0.3, -0.25) is 4.79 Å². The molecule has 0 saturated heterocycles. The van der Waals surface area contributed by atoms with Crippen LogP contribution < -0.4 is 10.5 Å². The molecule has 0 bridgehead atoms. The SMILES string of the molecule is NC(Cc1ccc(OC(CCl)CCl)cc1)C(=O)O. The van der Waals surface area contributed by atoms with Crippen molar-refractivity contribution in [2.45, 2.75) is 18.6 Å². The summed E-state index contributed by atoms with van der Waals surface area (Å²) in [6.45, 7) is 0. The first-order valence-electron chi connectivity index (χ1n) is 5.42. The highest BCUT2D eigenvalue weighted by molar-refractivity contribution is 6.21. The number of rotatable bonds is 7. The van der Waals surface area contributed by atoms with Crippen molar-refractivity contribution in [1.82, 2.24) is 0 Å². The van der Waals surface area contributed by atoms with Gasteiger partial charge >= 0.3 is 5.97 Å². The Morgan fingerprint density at radius 2 is 1.83 bits per heavy atom. The van der Waals surface area contributed by atoms with Crippen LogP contribution >= 0.6 is 23.2 Å². The van der Waals surface area contributed by atoms with Crippen molar-refractivity contribution in [2.75, 3.05) is 11.8 Å². The van der Waals surface area contributed by atoms with E-state index < -0.39 is 12.0 Å². The average molecular weight is 292 g/mol. The number of hydrogen-bond acceptors (Lipinski definition) is 3. The van der Waals surface area contributed by atoms with Crippen LogP contribution in [0.5, 0.6) is 5.75 Å². The maximum absolute atomic E-state index is 10.6. The maximum atomic E-state index is 10.6. The van der Waals surface area contributed by atoms with Crippen LogP contribution in [-0.2, 0) is 11.2 Å². The molecule has 1 atom stereocenters. The molecular weight excluding hydrogens is 277 g/mol. The lowest BCUT2D eigenvalue weighted by Crippen LogP contribution is -2.32. The number of ether oxygens (including phenoxy) is 1. The number of carboxylic acid groups (broad SMARTS) is 1. The van der Waals surface area contributed by atoms with Crippen LogP contribution in [0.3, 0.4) is 0 Å². The van der Waals surface area contributed by atoms with Gasteiger partial charge < -0.3 is 15.6 Å². The number of alkyl halides is 2. The van der Waals surface area contributed by atoms with E-state index in [0.717, 1.165) is 5.56 Å². The van der Waals surface area contributed by atoms with Crippen LogP contribution in [0, 0.1) is 0 Å². The number of aliphatic carboxylic acids is 1. The summed E-state index contributed by atoms with van der Waals surface area (Å²) in [5.74, 6) is 0.262. The van der Waals surface area contributed by atoms with Crippen molar-refractivity contribution in [3.63, 3.8) is 0 Å². The molecule has 1 aromatic carbocycles. The smallest absolute Gasteiger partial charge is 0.320 e. The molecular formula is C12H15Cl2NO3. The summed E-state index contributed by atoms with van der Waals surface area (Å²) in [5.41, 5.74) is 6.28. The minimum absolute atomic E-state index is 0.236. The van der Waals surface area contributed by atoms with E-state index in [1.807, 2.05) is 0 Å². The molecule has 0 amide bonds. The summed E-state index contributed by atoms with van der Waals surface area (Å²) in [5, 5.41) is 8.70. The molecule has 0 heterocycles. The molecule has 1 aromatic rings. The normalized spacial score (nSPS) is 12.4. The first-order chi connectivity index (χ1) is 8.56. The molecule has 6 heteroatoms. The van der Waals surface area contributed by atoms with Crippen LogP contribution in [0.4, 0.5) is 0 Å². The van der Waals surface area contributed by atoms with Gasteiger partial charge in [0.15, 0.2) is 0 Å². The van der Waals surface area contributed by atoms with Gasteiger partial charge in [0.05, 0.1) is 11.8 Å².